The van der Waals surface area contributed by atoms with Crippen LogP contribution in [-0.4, -0.2) is 0 Å². The molecule has 0 atom stereocenters. The minimum absolute atomic E-state index is 1.24. The zero-order valence-electron chi connectivity index (χ0n) is 4.66. The molecular weight excluding hydrogens is 149 g/mol. The number of H-pyrrole nitrogens is 1. The van der Waals surface area contributed by atoms with E-state index >= 15 is 0 Å². The number of hydrogen-bond donors (Lipinski definition) is 0. The molecule has 3 heteroatoms. The summed E-state index contributed by atoms with van der Waals surface area (Å²) in [5.74, 6) is 0. The van der Waals surface area contributed by atoms with Gasteiger partial charge < -0.3 is 0 Å². The molecule has 1 aromatic carbocycles. The Labute approximate surface area is 58.3 Å². The van der Waals surface area contributed by atoms with Gasteiger partial charge in [-0.15, -0.1) is 0 Å². The van der Waals surface area contributed by atoms with Crippen LogP contribution in [-0.2, 0) is 0 Å². The third kappa shape index (κ3) is 0.846. The van der Waals surface area contributed by atoms with Crippen LogP contribution < -0.4 is 4.75 Å². The Morgan fingerprint density at radius 2 is 2.22 bits per heavy atom. The predicted molar refractivity (Wildman–Crippen MR) is 40.9 cm³/mol. The first kappa shape index (κ1) is 5.33. The molecule has 1 aromatic heterocycles. The van der Waals surface area contributed by atoms with Gasteiger partial charge in [-0.05, 0) is 17.0 Å². The molecule has 0 spiro atoms. The number of fused-ring (bicyclic) bond motifs is 1. The Morgan fingerprint density at radius 1 is 1.33 bits per heavy atom. The van der Waals surface area contributed by atoms with E-state index < -0.39 is 0 Å². The van der Waals surface area contributed by atoms with Gasteiger partial charge >= 0.3 is 7.53 Å². The second-order valence-corrected chi connectivity index (χ2v) is 3.91. The fraction of sp³-hybridized carbons (Fsp3) is 0. The number of aromatic amines is 1. The van der Waals surface area contributed by atoms with Crippen molar-refractivity contribution in [1.29, 1.82) is 0 Å². The van der Waals surface area contributed by atoms with E-state index in [2.05, 4.69) is 22.9 Å². The van der Waals surface area contributed by atoms with E-state index in [0.717, 1.165) is 0 Å². The minimum atomic E-state index is 1.24. The van der Waals surface area contributed by atoms with Crippen LogP contribution in [0.3, 0.4) is 0 Å². The molecule has 1 N–H and O–H groups in total. The van der Waals surface area contributed by atoms with Crippen molar-refractivity contribution in [3.05, 3.63) is 24.3 Å². The van der Waals surface area contributed by atoms with Crippen molar-refractivity contribution in [2.75, 3.05) is 0 Å². The lowest BCUT2D eigenvalue weighted by molar-refractivity contribution is -0.250. The third-order valence-corrected chi connectivity index (χ3v) is 3.31. The highest BCUT2D eigenvalue weighted by molar-refractivity contribution is 7.78. The van der Waals surface area contributed by atoms with Gasteiger partial charge in [0.05, 0.1) is 0 Å². The first-order valence-corrected chi connectivity index (χ1v) is 5.00. The topological polar surface area (TPSA) is 14.1 Å². The number of rotatable bonds is 0. The summed E-state index contributed by atoms with van der Waals surface area (Å²) < 4.78 is 4.60. The van der Waals surface area contributed by atoms with Crippen molar-refractivity contribution in [3.8, 4) is 0 Å². The maximum Gasteiger partial charge on any atom is 0.315 e. The van der Waals surface area contributed by atoms with Gasteiger partial charge in [0.2, 0.25) is 5.52 Å². The van der Waals surface area contributed by atoms with Crippen LogP contribution in [0, 0.1) is 0 Å². The van der Waals surface area contributed by atoms with Gasteiger partial charge in [0.15, 0.2) is 0 Å². The van der Waals surface area contributed by atoms with E-state index in [1.54, 1.807) is 0 Å². The van der Waals surface area contributed by atoms with E-state index in [1.807, 2.05) is 17.0 Å². The van der Waals surface area contributed by atoms with Crippen molar-refractivity contribution in [1.82, 2.24) is 0 Å². The van der Waals surface area contributed by atoms with E-state index in [0.29, 0.717) is 0 Å². The molecule has 44 valence electrons. The van der Waals surface area contributed by atoms with Gasteiger partial charge in [0.25, 0.3) is 0 Å². The lowest BCUT2D eigenvalue weighted by atomic mass is 10.3. The van der Waals surface area contributed by atoms with Crippen LogP contribution in [0.5, 0.6) is 0 Å². The Bertz CT molecular complexity index is 287. The van der Waals surface area contributed by atoms with Crippen LogP contribution in [0.2, 0.25) is 0 Å². The highest BCUT2D eigenvalue weighted by Crippen LogP contribution is 2.19. The van der Waals surface area contributed by atoms with E-state index in [9.17, 15) is 0 Å². The van der Waals surface area contributed by atoms with E-state index in [1.165, 1.54) is 17.7 Å². The molecule has 0 aliphatic rings. The first-order valence-electron chi connectivity index (χ1n) is 2.69. The SMILES string of the molecule is c1ccc2sp[nH+]c2c1. The summed E-state index contributed by atoms with van der Waals surface area (Å²) in [6, 6.07) is 8.34. The highest BCUT2D eigenvalue weighted by atomic mass is 32.5. The maximum atomic E-state index is 3.24. The molecule has 0 bridgehead atoms. The summed E-state index contributed by atoms with van der Waals surface area (Å²) in [6.07, 6.45) is 0. The number of hydrogen-bond acceptors (Lipinski definition) is 1. The van der Waals surface area contributed by atoms with Crippen molar-refractivity contribution in [2.24, 2.45) is 0 Å². The normalized spacial score (nSPS) is 11.1. The van der Waals surface area contributed by atoms with E-state index in [4.69, 9.17) is 0 Å². The molecule has 0 aliphatic heterocycles. The average molecular weight is 154 g/mol. The fourth-order valence-electron chi connectivity index (χ4n) is 0.760. The summed E-state index contributed by atoms with van der Waals surface area (Å²) in [4.78, 5) is 0. The Kier molecular flexibility index (Phi) is 1.22. The van der Waals surface area contributed by atoms with Crippen molar-refractivity contribution >= 4 is 28.7 Å². The van der Waals surface area contributed by atoms with Crippen molar-refractivity contribution in [3.63, 3.8) is 0 Å². The molecule has 0 unspecified atom stereocenters. The summed E-state index contributed by atoms with van der Waals surface area (Å²) in [6.45, 7) is 0. The smallest absolute Gasteiger partial charge is 0.182 e. The monoisotopic (exact) mass is 154 g/mol. The van der Waals surface area contributed by atoms with Gasteiger partial charge in [-0.3, -0.25) is 0 Å². The average Bonchev–Trinajstić information content (AvgIpc) is 2.33. The highest BCUT2D eigenvalue weighted by Gasteiger charge is 1.98. The van der Waals surface area contributed by atoms with Gasteiger partial charge in [-0.1, -0.05) is 12.1 Å². The van der Waals surface area contributed by atoms with Gasteiger partial charge in [0, 0.05) is 6.07 Å². The Hall–Kier alpha value is -0.460. The van der Waals surface area contributed by atoms with Gasteiger partial charge in [0.1, 0.15) is 4.70 Å². The lowest BCUT2D eigenvalue weighted by Gasteiger charge is -1.75. The van der Waals surface area contributed by atoms with Crippen LogP contribution in [0.15, 0.2) is 24.3 Å². The summed E-state index contributed by atoms with van der Waals surface area (Å²) in [5, 5.41) is 0. The van der Waals surface area contributed by atoms with Crippen LogP contribution >= 0.6 is 18.5 Å². The summed E-state index contributed by atoms with van der Waals surface area (Å²) >= 11 is 0. The molecule has 0 saturated heterocycles. The van der Waals surface area contributed by atoms with Gasteiger partial charge in [-0.25, -0.2) is 0 Å². The molecule has 2 aromatic rings. The Morgan fingerprint density at radius 3 is 3.11 bits per heavy atom. The molecule has 0 aliphatic carbocycles. The molecule has 0 radical (unpaired) electrons. The number of para-hydroxylation sites is 1. The summed E-state index contributed by atoms with van der Waals surface area (Å²) in [5.41, 5.74) is 1.27. The molecule has 1 heterocycles. The molecule has 0 saturated carbocycles. The minimum Gasteiger partial charge on any atom is -0.182 e. The second kappa shape index (κ2) is 2.05. The van der Waals surface area contributed by atoms with Crippen molar-refractivity contribution in [2.45, 2.75) is 0 Å². The van der Waals surface area contributed by atoms with Crippen LogP contribution in [0.4, 0.5) is 0 Å². The van der Waals surface area contributed by atoms with Crippen molar-refractivity contribution < 1.29 is 4.75 Å². The predicted octanol–water partition coefficient (Wildman–Crippen LogP) is 2.30. The first-order chi connectivity index (χ1) is 4.47. The van der Waals surface area contributed by atoms with Crippen LogP contribution in [0.25, 0.3) is 10.2 Å². The zero-order chi connectivity index (χ0) is 6.10. The third-order valence-electron chi connectivity index (χ3n) is 1.20. The van der Waals surface area contributed by atoms with Gasteiger partial charge in [-0.2, -0.15) is 4.75 Å². The molecule has 2 rings (SSSR count). The largest absolute Gasteiger partial charge is 0.315 e. The number of benzene rings is 1. The quantitative estimate of drug-likeness (QED) is 0.552. The van der Waals surface area contributed by atoms with E-state index in [-0.39, 0.29) is 0 Å². The molecule has 0 amide bonds. The number of aromatic nitrogens is 1. The molecule has 0 fully saturated rings. The second-order valence-electron chi connectivity index (χ2n) is 1.79. The maximum absolute atomic E-state index is 3.24. The number of nitrogens with one attached hydrogen (secondary N) is 1. The van der Waals surface area contributed by atoms with Crippen LogP contribution in [0.1, 0.15) is 0 Å². The fourth-order valence-corrected chi connectivity index (χ4v) is 2.83. The lowest BCUT2D eigenvalue weighted by Crippen LogP contribution is -1.86. The molecule has 9 heavy (non-hydrogen) atoms. The molecular formula is C6H5NPS+. The standard InChI is InChI=1S/C6H4NPS/c1-2-4-6-5(3-1)7-8-9-6/h1-4H/p+1. The zero-order valence-corrected chi connectivity index (χ0v) is 6.38. The molecule has 1 nitrogen and oxygen atoms in total. The summed E-state index contributed by atoms with van der Waals surface area (Å²) in [7, 11) is 3.07. The Balaban J connectivity index is 2.95.